The number of nitrogens with zero attached hydrogens (tertiary/aromatic N) is 1. The first kappa shape index (κ1) is 16.4. The Morgan fingerprint density at radius 1 is 1.32 bits per heavy atom. The summed E-state index contributed by atoms with van der Waals surface area (Å²) in [6.45, 7) is 11.2. The number of piperidine rings is 1. The highest BCUT2D eigenvalue weighted by molar-refractivity contribution is 5.76. The van der Waals surface area contributed by atoms with Gasteiger partial charge in [0.15, 0.2) is 0 Å². The zero-order chi connectivity index (χ0) is 14.3. The molecule has 1 amide bonds. The largest absolute Gasteiger partial charge is 0.383 e. The molecule has 0 saturated carbocycles. The summed E-state index contributed by atoms with van der Waals surface area (Å²) in [5, 5.41) is 3.08. The number of carbonyl (C=O) groups is 1. The molecule has 0 aromatic carbocycles. The molecule has 1 fully saturated rings. The van der Waals surface area contributed by atoms with Crippen LogP contribution in [0, 0.1) is 11.3 Å². The molecule has 0 radical (unpaired) electrons. The van der Waals surface area contributed by atoms with E-state index in [1.54, 1.807) is 7.11 Å². The van der Waals surface area contributed by atoms with E-state index in [0.717, 1.165) is 32.8 Å². The number of nitrogens with one attached hydrogen (secondary N) is 1. The van der Waals surface area contributed by atoms with E-state index in [1.165, 1.54) is 12.8 Å². The van der Waals surface area contributed by atoms with E-state index in [-0.39, 0.29) is 11.3 Å². The molecule has 0 atom stereocenters. The summed E-state index contributed by atoms with van der Waals surface area (Å²) in [7, 11) is 1.75. The second kappa shape index (κ2) is 7.85. The SMILES string of the molecule is COCCN1CCC(CNC(=O)CC(C)(C)C)CC1. The molecule has 0 aliphatic carbocycles. The molecule has 1 heterocycles. The van der Waals surface area contributed by atoms with Crippen molar-refractivity contribution in [2.75, 3.05) is 39.9 Å². The monoisotopic (exact) mass is 270 g/mol. The van der Waals surface area contributed by atoms with Gasteiger partial charge in [0.25, 0.3) is 0 Å². The fraction of sp³-hybridized carbons (Fsp3) is 0.933. The van der Waals surface area contributed by atoms with Gasteiger partial charge in [-0.05, 0) is 37.3 Å². The van der Waals surface area contributed by atoms with Crippen LogP contribution in [0.1, 0.15) is 40.0 Å². The van der Waals surface area contributed by atoms with Crippen molar-refractivity contribution in [2.24, 2.45) is 11.3 Å². The molecule has 1 aliphatic rings. The Hall–Kier alpha value is -0.610. The maximum atomic E-state index is 11.8. The molecule has 0 aromatic heterocycles. The molecule has 0 bridgehead atoms. The summed E-state index contributed by atoms with van der Waals surface area (Å²) >= 11 is 0. The van der Waals surface area contributed by atoms with Gasteiger partial charge in [-0.2, -0.15) is 0 Å². The van der Waals surface area contributed by atoms with Crippen molar-refractivity contribution < 1.29 is 9.53 Å². The summed E-state index contributed by atoms with van der Waals surface area (Å²) in [4.78, 5) is 14.2. The predicted molar refractivity (Wildman–Crippen MR) is 78.1 cm³/mol. The highest BCUT2D eigenvalue weighted by Crippen LogP contribution is 2.19. The Morgan fingerprint density at radius 3 is 2.47 bits per heavy atom. The van der Waals surface area contributed by atoms with Crippen molar-refractivity contribution in [3.8, 4) is 0 Å². The van der Waals surface area contributed by atoms with Crippen LogP contribution >= 0.6 is 0 Å². The van der Waals surface area contributed by atoms with Crippen molar-refractivity contribution in [1.82, 2.24) is 10.2 Å². The topological polar surface area (TPSA) is 41.6 Å². The number of ether oxygens (including phenoxy) is 1. The lowest BCUT2D eigenvalue weighted by Gasteiger charge is -2.32. The molecule has 4 heteroatoms. The van der Waals surface area contributed by atoms with Crippen molar-refractivity contribution in [3.05, 3.63) is 0 Å². The van der Waals surface area contributed by atoms with Crippen LogP contribution in [0.4, 0.5) is 0 Å². The molecular weight excluding hydrogens is 240 g/mol. The van der Waals surface area contributed by atoms with Crippen molar-refractivity contribution in [3.63, 3.8) is 0 Å². The molecular formula is C15H30N2O2. The number of amides is 1. The van der Waals surface area contributed by atoms with E-state index in [0.29, 0.717) is 12.3 Å². The van der Waals surface area contributed by atoms with Crippen LogP contribution in [-0.4, -0.2) is 50.7 Å². The van der Waals surface area contributed by atoms with Crippen LogP contribution in [0.2, 0.25) is 0 Å². The van der Waals surface area contributed by atoms with E-state index < -0.39 is 0 Å². The Balaban J connectivity index is 2.14. The molecule has 1 saturated heterocycles. The Labute approximate surface area is 117 Å². The summed E-state index contributed by atoms with van der Waals surface area (Å²) in [6, 6.07) is 0. The van der Waals surface area contributed by atoms with Gasteiger partial charge in [0.2, 0.25) is 5.91 Å². The first-order valence-corrected chi connectivity index (χ1v) is 7.39. The number of hydrogen-bond donors (Lipinski definition) is 1. The lowest BCUT2D eigenvalue weighted by molar-refractivity contribution is -0.123. The number of methoxy groups -OCH3 is 1. The van der Waals surface area contributed by atoms with Gasteiger partial charge in [0.1, 0.15) is 0 Å². The fourth-order valence-electron chi connectivity index (χ4n) is 2.44. The zero-order valence-corrected chi connectivity index (χ0v) is 13.0. The van der Waals surface area contributed by atoms with Gasteiger partial charge >= 0.3 is 0 Å². The van der Waals surface area contributed by atoms with Crippen LogP contribution in [-0.2, 0) is 9.53 Å². The Kier molecular flexibility index (Phi) is 6.80. The third-order valence-corrected chi connectivity index (χ3v) is 3.60. The van der Waals surface area contributed by atoms with Gasteiger partial charge in [-0.15, -0.1) is 0 Å². The maximum absolute atomic E-state index is 11.8. The lowest BCUT2D eigenvalue weighted by Crippen LogP contribution is -2.40. The van der Waals surface area contributed by atoms with E-state index >= 15 is 0 Å². The summed E-state index contributed by atoms with van der Waals surface area (Å²) in [5.41, 5.74) is 0.0770. The molecule has 1 rings (SSSR count). The predicted octanol–water partition coefficient (Wildman–Crippen LogP) is 1.90. The Morgan fingerprint density at radius 2 is 1.95 bits per heavy atom. The maximum Gasteiger partial charge on any atom is 0.220 e. The third-order valence-electron chi connectivity index (χ3n) is 3.60. The van der Waals surface area contributed by atoms with Crippen LogP contribution in [0.15, 0.2) is 0 Å². The van der Waals surface area contributed by atoms with E-state index in [1.807, 2.05) is 0 Å². The number of hydrogen-bond acceptors (Lipinski definition) is 3. The quantitative estimate of drug-likeness (QED) is 0.801. The van der Waals surface area contributed by atoms with Crippen molar-refractivity contribution in [1.29, 1.82) is 0 Å². The van der Waals surface area contributed by atoms with Gasteiger partial charge in [-0.25, -0.2) is 0 Å². The molecule has 0 aromatic rings. The Bertz CT molecular complexity index is 266. The lowest BCUT2D eigenvalue weighted by atomic mass is 9.91. The molecule has 112 valence electrons. The van der Waals surface area contributed by atoms with Crippen LogP contribution < -0.4 is 5.32 Å². The minimum atomic E-state index is 0.0770. The van der Waals surface area contributed by atoms with Gasteiger partial charge in [-0.3, -0.25) is 4.79 Å². The van der Waals surface area contributed by atoms with Crippen molar-refractivity contribution in [2.45, 2.75) is 40.0 Å². The minimum Gasteiger partial charge on any atom is -0.383 e. The van der Waals surface area contributed by atoms with E-state index in [9.17, 15) is 4.79 Å². The first-order valence-electron chi connectivity index (χ1n) is 7.39. The van der Waals surface area contributed by atoms with E-state index in [2.05, 4.69) is 31.0 Å². The second-order valence-corrected chi connectivity index (χ2v) is 6.82. The fourth-order valence-corrected chi connectivity index (χ4v) is 2.44. The number of rotatable bonds is 6. The molecule has 19 heavy (non-hydrogen) atoms. The summed E-state index contributed by atoms with van der Waals surface area (Å²) < 4.78 is 5.10. The normalized spacial score (nSPS) is 18.5. The van der Waals surface area contributed by atoms with Crippen LogP contribution in [0.25, 0.3) is 0 Å². The minimum absolute atomic E-state index is 0.0770. The van der Waals surface area contributed by atoms with Gasteiger partial charge in [-0.1, -0.05) is 20.8 Å². The summed E-state index contributed by atoms with van der Waals surface area (Å²) in [6.07, 6.45) is 2.97. The highest BCUT2D eigenvalue weighted by atomic mass is 16.5. The van der Waals surface area contributed by atoms with Gasteiger partial charge < -0.3 is 15.0 Å². The smallest absolute Gasteiger partial charge is 0.220 e. The number of likely N-dealkylation sites (tertiary alicyclic amines) is 1. The molecule has 0 spiro atoms. The van der Waals surface area contributed by atoms with Gasteiger partial charge in [0, 0.05) is 26.6 Å². The average molecular weight is 270 g/mol. The first-order chi connectivity index (χ1) is 8.90. The summed E-state index contributed by atoms with van der Waals surface area (Å²) in [5.74, 6) is 0.831. The third kappa shape index (κ3) is 7.53. The molecule has 0 unspecified atom stereocenters. The molecule has 4 nitrogen and oxygen atoms in total. The molecule has 1 aliphatic heterocycles. The molecule has 1 N–H and O–H groups in total. The number of carbonyl (C=O) groups excluding carboxylic acids is 1. The van der Waals surface area contributed by atoms with Crippen LogP contribution in [0.5, 0.6) is 0 Å². The zero-order valence-electron chi connectivity index (χ0n) is 13.0. The van der Waals surface area contributed by atoms with Gasteiger partial charge in [0.05, 0.1) is 6.61 Å². The van der Waals surface area contributed by atoms with E-state index in [4.69, 9.17) is 4.74 Å². The second-order valence-electron chi connectivity index (χ2n) is 6.82. The van der Waals surface area contributed by atoms with Crippen LogP contribution in [0.3, 0.4) is 0 Å². The average Bonchev–Trinajstić information content (AvgIpc) is 2.33. The van der Waals surface area contributed by atoms with Crippen molar-refractivity contribution >= 4 is 5.91 Å². The standard InChI is InChI=1S/C15H30N2O2/c1-15(2,3)11-14(18)16-12-13-5-7-17(8-6-13)9-10-19-4/h13H,5-12H2,1-4H3,(H,16,18). The highest BCUT2D eigenvalue weighted by Gasteiger charge is 2.20.